The zero-order chi connectivity index (χ0) is 15.4. The van der Waals surface area contributed by atoms with E-state index in [1.165, 1.54) is 7.11 Å². The highest BCUT2D eigenvalue weighted by Crippen LogP contribution is 2.27. The van der Waals surface area contributed by atoms with Gasteiger partial charge in [0.15, 0.2) is 11.6 Å². The van der Waals surface area contributed by atoms with Crippen LogP contribution in [0.4, 0.5) is 4.39 Å². The summed E-state index contributed by atoms with van der Waals surface area (Å²) in [7, 11) is 1.44. The summed E-state index contributed by atoms with van der Waals surface area (Å²) in [5.74, 6) is 0.500. The Kier molecular flexibility index (Phi) is 4.81. The van der Waals surface area contributed by atoms with Gasteiger partial charge in [-0.15, -0.1) is 0 Å². The summed E-state index contributed by atoms with van der Waals surface area (Å²) < 4.78 is 24.8. The molecule has 2 rings (SSSR count). The number of benzene rings is 2. The van der Waals surface area contributed by atoms with Gasteiger partial charge in [0, 0.05) is 17.2 Å². The molecule has 0 spiro atoms. The van der Waals surface area contributed by atoms with Crippen LogP contribution >= 0.6 is 0 Å². The van der Waals surface area contributed by atoms with E-state index in [0.717, 1.165) is 11.1 Å². The molecule has 0 unspecified atom stereocenters. The van der Waals surface area contributed by atoms with Gasteiger partial charge in [0.1, 0.15) is 12.4 Å². The topological polar surface area (TPSA) is 44.5 Å². The lowest BCUT2D eigenvalue weighted by atomic mass is 10.1. The zero-order valence-corrected chi connectivity index (χ0v) is 12.5. The Morgan fingerprint density at radius 2 is 1.95 bits per heavy atom. The fourth-order valence-corrected chi connectivity index (χ4v) is 2.14. The van der Waals surface area contributed by atoms with Crippen LogP contribution in [0, 0.1) is 12.7 Å². The van der Waals surface area contributed by atoms with Crippen molar-refractivity contribution in [1.82, 2.24) is 0 Å². The maximum atomic E-state index is 14.1. The second kappa shape index (κ2) is 6.59. The molecule has 2 aromatic rings. The average Bonchev–Trinajstić information content (AvgIpc) is 2.47. The van der Waals surface area contributed by atoms with Crippen LogP contribution in [0.5, 0.6) is 11.5 Å². The summed E-state index contributed by atoms with van der Waals surface area (Å²) in [4.78, 5) is 0. The summed E-state index contributed by atoms with van der Waals surface area (Å²) in [6.45, 7) is 4.02. The molecule has 0 aliphatic carbocycles. The normalized spacial score (nSPS) is 12.0. The van der Waals surface area contributed by atoms with Crippen molar-refractivity contribution in [1.29, 1.82) is 0 Å². The third-order valence-corrected chi connectivity index (χ3v) is 3.30. The van der Waals surface area contributed by atoms with Crippen molar-refractivity contribution < 1.29 is 13.9 Å². The van der Waals surface area contributed by atoms with Crippen molar-refractivity contribution in [2.45, 2.75) is 26.5 Å². The largest absolute Gasteiger partial charge is 0.494 e. The Hall–Kier alpha value is -2.07. The molecule has 0 aliphatic heterocycles. The quantitative estimate of drug-likeness (QED) is 0.912. The molecule has 112 valence electrons. The number of halogens is 1. The van der Waals surface area contributed by atoms with Gasteiger partial charge >= 0.3 is 0 Å². The van der Waals surface area contributed by atoms with Gasteiger partial charge in [-0.2, -0.15) is 0 Å². The predicted octanol–water partition coefficient (Wildman–Crippen LogP) is 3.74. The van der Waals surface area contributed by atoms with Crippen LogP contribution in [0.1, 0.15) is 29.7 Å². The number of aryl methyl sites for hydroxylation is 1. The van der Waals surface area contributed by atoms with E-state index in [1.807, 2.05) is 32.0 Å². The molecule has 0 bridgehead atoms. The maximum absolute atomic E-state index is 14.1. The fraction of sp³-hybridized carbons (Fsp3) is 0.294. The molecule has 0 radical (unpaired) electrons. The van der Waals surface area contributed by atoms with Crippen LogP contribution in [0.25, 0.3) is 0 Å². The smallest absolute Gasteiger partial charge is 0.171 e. The highest BCUT2D eigenvalue weighted by Gasteiger charge is 2.12. The first-order chi connectivity index (χ1) is 10.0. The van der Waals surface area contributed by atoms with Gasteiger partial charge in [-0.1, -0.05) is 29.8 Å². The molecular formula is C17H20FNO2. The van der Waals surface area contributed by atoms with E-state index in [1.54, 1.807) is 18.2 Å². The lowest BCUT2D eigenvalue weighted by Gasteiger charge is -2.15. The van der Waals surface area contributed by atoms with E-state index < -0.39 is 5.82 Å². The summed E-state index contributed by atoms with van der Waals surface area (Å²) in [5, 5.41) is 0. The van der Waals surface area contributed by atoms with E-state index in [0.29, 0.717) is 11.3 Å². The number of nitrogens with two attached hydrogens (primary N) is 1. The van der Waals surface area contributed by atoms with Gasteiger partial charge < -0.3 is 15.2 Å². The molecule has 4 heteroatoms. The molecule has 0 heterocycles. The third-order valence-electron chi connectivity index (χ3n) is 3.30. The van der Waals surface area contributed by atoms with Gasteiger partial charge in [-0.3, -0.25) is 0 Å². The third kappa shape index (κ3) is 3.52. The van der Waals surface area contributed by atoms with Crippen molar-refractivity contribution in [3.63, 3.8) is 0 Å². The molecule has 2 N–H and O–H groups in total. The summed E-state index contributed by atoms with van der Waals surface area (Å²) in [6, 6.07) is 10.7. The molecule has 21 heavy (non-hydrogen) atoms. The van der Waals surface area contributed by atoms with Gasteiger partial charge in [0.05, 0.1) is 7.11 Å². The summed E-state index contributed by atoms with van der Waals surface area (Å²) in [5.41, 5.74) is 8.43. The molecule has 0 saturated carbocycles. The maximum Gasteiger partial charge on any atom is 0.171 e. The van der Waals surface area contributed by atoms with Crippen LogP contribution in [0.15, 0.2) is 36.4 Å². The Labute approximate surface area is 124 Å². The standard InChI is InChI=1S/C17H20FNO2/c1-11-7-8-15(14(9-11)12(2)19)21-10-13-5-4-6-16(20-3)17(13)18/h4-9,12H,10,19H2,1-3H3/t12-/m1/s1. The minimum Gasteiger partial charge on any atom is -0.494 e. The Bertz CT molecular complexity index is 626. The molecule has 1 atom stereocenters. The number of methoxy groups -OCH3 is 1. The van der Waals surface area contributed by atoms with Crippen LogP contribution < -0.4 is 15.2 Å². The van der Waals surface area contributed by atoms with Crippen molar-refractivity contribution >= 4 is 0 Å². The average molecular weight is 289 g/mol. The molecule has 0 amide bonds. The molecule has 3 nitrogen and oxygen atoms in total. The highest BCUT2D eigenvalue weighted by atomic mass is 19.1. The van der Waals surface area contributed by atoms with E-state index >= 15 is 0 Å². The van der Waals surface area contributed by atoms with Crippen molar-refractivity contribution in [2.75, 3.05) is 7.11 Å². The van der Waals surface area contributed by atoms with Gasteiger partial charge in [0.2, 0.25) is 0 Å². The van der Waals surface area contributed by atoms with Crippen LogP contribution in [-0.4, -0.2) is 7.11 Å². The SMILES string of the molecule is COc1cccc(COc2ccc(C)cc2[C@@H](C)N)c1F. The number of ether oxygens (including phenoxy) is 2. The number of hydrogen-bond acceptors (Lipinski definition) is 3. The fourth-order valence-electron chi connectivity index (χ4n) is 2.14. The number of rotatable bonds is 5. The van der Waals surface area contributed by atoms with E-state index in [2.05, 4.69) is 0 Å². The van der Waals surface area contributed by atoms with E-state index in [-0.39, 0.29) is 18.4 Å². The lowest BCUT2D eigenvalue weighted by molar-refractivity contribution is 0.291. The molecule has 2 aromatic carbocycles. The van der Waals surface area contributed by atoms with Crippen LogP contribution in [0.2, 0.25) is 0 Å². The first-order valence-electron chi connectivity index (χ1n) is 6.83. The van der Waals surface area contributed by atoms with Crippen molar-refractivity contribution in [3.8, 4) is 11.5 Å². The Morgan fingerprint density at radius 3 is 2.62 bits per heavy atom. The predicted molar refractivity (Wildman–Crippen MR) is 81.1 cm³/mol. The second-order valence-corrected chi connectivity index (χ2v) is 5.05. The summed E-state index contributed by atoms with van der Waals surface area (Å²) in [6.07, 6.45) is 0. The van der Waals surface area contributed by atoms with Crippen molar-refractivity contribution in [3.05, 3.63) is 58.9 Å². The first kappa shape index (κ1) is 15.3. The summed E-state index contributed by atoms with van der Waals surface area (Å²) >= 11 is 0. The highest BCUT2D eigenvalue weighted by molar-refractivity contribution is 5.39. The van der Waals surface area contributed by atoms with Gasteiger partial charge in [-0.25, -0.2) is 4.39 Å². The van der Waals surface area contributed by atoms with E-state index in [9.17, 15) is 4.39 Å². The lowest BCUT2D eigenvalue weighted by Crippen LogP contribution is -2.09. The first-order valence-corrected chi connectivity index (χ1v) is 6.83. The van der Waals surface area contributed by atoms with Crippen LogP contribution in [-0.2, 0) is 6.61 Å². The molecule has 0 saturated heterocycles. The minimum atomic E-state index is -0.394. The van der Waals surface area contributed by atoms with Crippen molar-refractivity contribution in [2.24, 2.45) is 5.73 Å². The van der Waals surface area contributed by atoms with Gasteiger partial charge in [-0.05, 0) is 26.0 Å². The molecule has 0 aliphatic rings. The molecule has 0 aromatic heterocycles. The molecular weight excluding hydrogens is 269 g/mol. The Balaban J connectivity index is 2.21. The second-order valence-electron chi connectivity index (χ2n) is 5.05. The Morgan fingerprint density at radius 1 is 1.19 bits per heavy atom. The zero-order valence-electron chi connectivity index (χ0n) is 12.5. The van der Waals surface area contributed by atoms with Crippen LogP contribution in [0.3, 0.4) is 0 Å². The van der Waals surface area contributed by atoms with Gasteiger partial charge in [0.25, 0.3) is 0 Å². The van der Waals surface area contributed by atoms with E-state index in [4.69, 9.17) is 15.2 Å². The number of hydrogen-bond donors (Lipinski definition) is 1. The molecule has 0 fully saturated rings. The minimum absolute atomic E-state index is 0.131. The monoisotopic (exact) mass is 289 g/mol.